The third-order valence-electron chi connectivity index (χ3n) is 2.30. The Bertz CT molecular complexity index is 370. The second-order valence-corrected chi connectivity index (χ2v) is 4.22. The van der Waals surface area contributed by atoms with Gasteiger partial charge < -0.3 is 10.4 Å². The maximum absolute atomic E-state index is 13.1. The molecular weight excluding hydrogens is 209 g/mol. The zero-order valence-electron chi connectivity index (χ0n) is 9.62. The summed E-state index contributed by atoms with van der Waals surface area (Å²) in [6, 6.07) is 3.71. The topological polar surface area (TPSA) is 49.3 Å². The van der Waals surface area contributed by atoms with Gasteiger partial charge in [-0.25, -0.2) is 9.18 Å². The van der Waals surface area contributed by atoms with Gasteiger partial charge in [-0.3, -0.25) is 0 Å². The SMILES string of the molecule is Cc1cc(F)cc(NC(C(=O)O)C(C)C)c1. The zero-order chi connectivity index (χ0) is 12.3. The molecule has 3 nitrogen and oxygen atoms in total. The van der Waals surface area contributed by atoms with Crippen LogP contribution in [0.3, 0.4) is 0 Å². The maximum Gasteiger partial charge on any atom is 0.326 e. The highest BCUT2D eigenvalue weighted by Gasteiger charge is 2.21. The Morgan fingerprint density at radius 2 is 2.00 bits per heavy atom. The fourth-order valence-corrected chi connectivity index (χ4v) is 1.51. The minimum absolute atomic E-state index is 0.0685. The molecule has 0 aliphatic carbocycles. The highest BCUT2D eigenvalue weighted by Crippen LogP contribution is 2.16. The standard InChI is InChI=1S/C12H16FNO2/c1-7(2)11(12(15)16)14-10-5-8(3)4-9(13)6-10/h4-7,11,14H,1-3H3,(H,15,16). The van der Waals surface area contributed by atoms with Crippen LogP contribution in [0.4, 0.5) is 10.1 Å². The van der Waals surface area contributed by atoms with E-state index in [0.717, 1.165) is 5.56 Å². The molecule has 4 heteroatoms. The van der Waals surface area contributed by atoms with Crippen LogP contribution in [0.5, 0.6) is 0 Å². The number of rotatable bonds is 4. The number of carboxylic acids is 1. The van der Waals surface area contributed by atoms with Gasteiger partial charge in [0.25, 0.3) is 0 Å². The maximum atomic E-state index is 13.1. The molecule has 0 spiro atoms. The predicted molar refractivity (Wildman–Crippen MR) is 61.0 cm³/mol. The van der Waals surface area contributed by atoms with Gasteiger partial charge in [0.2, 0.25) is 0 Å². The monoisotopic (exact) mass is 225 g/mol. The quantitative estimate of drug-likeness (QED) is 0.828. The smallest absolute Gasteiger partial charge is 0.326 e. The first kappa shape index (κ1) is 12.5. The lowest BCUT2D eigenvalue weighted by molar-refractivity contribution is -0.138. The van der Waals surface area contributed by atoms with Crippen molar-refractivity contribution >= 4 is 11.7 Å². The third kappa shape index (κ3) is 3.22. The van der Waals surface area contributed by atoms with Crippen molar-refractivity contribution in [1.82, 2.24) is 0 Å². The van der Waals surface area contributed by atoms with Crippen LogP contribution >= 0.6 is 0 Å². The molecular formula is C12H16FNO2. The van der Waals surface area contributed by atoms with Crippen LogP contribution in [0, 0.1) is 18.7 Å². The molecule has 0 heterocycles. The molecule has 1 aromatic carbocycles. The summed E-state index contributed by atoms with van der Waals surface area (Å²) < 4.78 is 13.1. The second kappa shape index (κ2) is 4.96. The van der Waals surface area contributed by atoms with Crippen molar-refractivity contribution in [2.24, 2.45) is 5.92 Å². The Morgan fingerprint density at radius 3 is 2.44 bits per heavy atom. The minimum Gasteiger partial charge on any atom is -0.480 e. The Labute approximate surface area is 94.3 Å². The molecule has 0 fully saturated rings. The number of benzene rings is 1. The van der Waals surface area contributed by atoms with Crippen LogP contribution in [0.15, 0.2) is 18.2 Å². The fraction of sp³-hybridized carbons (Fsp3) is 0.417. The number of halogens is 1. The predicted octanol–water partition coefficient (Wildman–Crippen LogP) is 2.66. The normalized spacial score (nSPS) is 12.6. The number of aliphatic carboxylic acids is 1. The number of hydrogen-bond donors (Lipinski definition) is 2. The van der Waals surface area contributed by atoms with Crippen molar-refractivity contribution in [3.8, 4) is 0 Å². The number of carbonyl (C=O) groups is 1. The molecule has 0 radical (unpaired) electrons. The highest BCUT2D eigenvalue weighted by molar-refractivity contribution is 5.77. The van der Waals surface area contributed by atoms with E-state index in [4.69, 9.17) is 5.11 Å². The number of carboxylic acid groups (broad SMARTS) is 1. The van der Waals surface area contributed by atoms with Crippen molar-refractivity contribution in [1.29, 1.82) is 0 Å². The summed E-state index contributed by atoms with van der Waals surface area (Å²) in [5.41, 5.74) is 1.26. The van der Waals surface area contributed by atoms with Crippen molar-refractivity contribution in [3.63, 3.8) is 0 Å². The lowest BCUT2D eigenvalue weighted by atomic mass is 10.0. The number of nitrogens with one attached hydrogen (secondary N) is 1. The summed E-state index contributed by atoms with van der Waals surface area (Å²) in [7, 11) is 0. The van der Waals surface area contributed by atoms with E-state index in [1.165, 1.54) is 12.1 Å². The average Bonchev–Trinajstić information content (AvgIpc) is 2.11. The molecule has 88 valence electrons. The molecule has 1 rings (SSSR count). The minimum atomic E-state index is -0.933. The van der Waals surface area contributed by atoms with E-state index in [2.05, 4.69) is 5.32 Å². The molecule has 0 saturated heterocycles. The van der Waals surface area contributed by atoms with Crippen molar-refractivity contribution in [3.05, 3.63) is 29.6 Å². The van der Waals surface area contributed by atoms with Crippen molar-refractivity contribution in [2.75, 3.05) is 5.32 Å². The van der Waals surface area contributed by atoms with Gasteiger partial charge in [0.15, 0.2) is 0 Å². The molecule has 2 N–H and O–H groups in total. The van der Waals surface area contributed by atoms with Crippen LogP contribution in [0.2, 0.25) is 0 Å². The highest BCUT2D eigenvalue weighted by atomic mass is 19.1. The average molecular weight is 225 g/mol. The van der Waals surface area contributed by atoms with Crippen LogP contribution in [0.1, 0.15) is 19.4 Å². The first-order valence-corrected chi connectivity index (χ1v) is 5.16. The van der Waals surface area contributed by atoms with Crippen LogP contribution in [-0.2, 0) is 4.79 Å². The zero-order valence-corrected chi connectivity index (χ0v) is 9.62. The molecule has 1 aromatic rings. The molecule has 1 atom stereocenters. The summed E-state index contributed by atoms with van der Waals surface area (Å²) in [5, 5.41) is 11.8. The molecule has 0 aromatic heterocycles. The van der Waals surface area contributed by atoms with Gasteiger partial charge in [-0.15, -0.1) is 0 Å². The van der Waals surface area contributed by atoms with E-state index in [9.17, 15) is 9.18 Å². The summed E-state index contributed by atoms with van der Waals surface area (Å²) in [6.45, 7) is 5.37. The first-order valence-electron chi connectivity index (χ1n) is 5.16. The Morgan fingerprint density at radius 1 is 1.38 bits per heavy atom. The van der Waals surface area contributed by atoms with Gasteiger partial charge in [0.1, 0.15) is 11.9 Å². The molecule has 0 saturated carbocycles. The van der Waals surface area contributed by atoms with E-state index < -0.39 is 12.0 Å². The molecule has 0 aliphatic rings. The van der Waals surface area contributed by atoms with Gasteiger partial charge >= 0.3 is 5.97 Å². The Kier molecular flexibility index (Phi) is 3.88. The Hall–Kier alpha value is -1.58. The van der Waals surface area contributed by atoms with E-state index >= 15 is 0 Å². The summed E-state index contributed by atoms with van der Waals surface area (Å²) in [6.07, 6.45) is 0. The summed E-state index contributed by atoms with van der Waals surface area (Å²) in [5.74, 6) is -1.37. The first-order chi connectivity index (χ1) is 7.40. The van der Waals surface area contributed by atoms with Gasteiger partial charge in [-0.05, 0) is 36.6 Å². The van der Waals surface area contributed by atoms with Gasteiger partial charge in [0, 0.05) is 5.69 Å². The van der Waals surface area contributed by atoms with Crippen LogP contribution in [0.25, 0.3) is 0 Å². The third-order valence-corrected chi connectivity index (χ3v) is 2.30. The largest absolute Gasteiger partial charge is 0.480 e. The van der Waals surface area contributed by atoms with Crippen LogP contribution in [-0.4, -0.2) is 17.1 Å². The van der Waals surface area contributed by atoms with Crippen LogP contribution < -0.4 is 5.32 Å². The molecule has 0 bridgehead atoms. The Balaban J connectivity index is 2.89. The van der Waals surface area contributed by atoms with E-state index in [0.29, 0.717) is 5.69 Å². The van der Waals surface area contributed by atoms with Gasteiger partial charge in [-0.2, -0.15) is 0 Å². The summed E-state index contributed by atoms with van der Waals surface area (Å²) in [4.78, 5) is 11.0. The number of hydrogen-bond acceptors (Lipinski definition) is 2. The molecule has 0 aliphatic heterocycles. The van der Waals surface area contributed by atoms with E-state index in [-0.39, 0.29) is 11.7 Å². The second-order valence-electron chi connectivity index (χ2n) is 4.22. The van der Waals surface area contributed by atoms with Gasteiger partial charge in [-0.1, -0.05) is 13.8 Å². The lowest BCUT2D eigenvalue weighted by Gasteiger charge is -2.19. The van der Waals surface area contributed by atoms with Crippen molar-refractivity contribution < 1.29 is 14.3 Å². The summed E-state index contributed by atoms with van der Waals surface area (Å²) >= 11 is 0. The molecule has 16 heavy (non-hydrogen) atoms. The number of aryl methyl sites for hydroxylation is 1. The molecule has 0 amide bonds. The lowest BCUT2D eigenvalue weighted by Crippen LogP contribution is -2.34. The van der Waals surface area contributed by atoms with E-state index in [1.54, 1.807) is 26.8 Å². The fourth-order valence-electron chi connectivity index (χ4n) is 1.51. The number of anilines is 1. The molecule has 1 unspecified atom stereocenters. The van der Waals surface area contributed by atoms with Crippen molar-refractivity contribution in [2.45, 2.75) is 26.8 Å². The van der Waals surface area contributed by atoms with E-state index in [1.807, 2.05) is 0 Å². The van der Waals surface area contributed by atoms with Gasteiger partial charge in [0.05, 0.1) is 0 Å².